The minimum Gasteiger partial charge on any atom is -0.480 e. The fourth-order valence-corrected chi connectivity index (χ4v) is 3.12. The number of amides is 1. The average molecular weight is 283 g/mol. The second-order valence-electron chi connectivity index (χ2n) is 6.16. The van der Waals surface area contributed by atoms with E-state index in [-0.39, 0.29) is 5.91 Å². The Morgan fingerprint density at radius 1 is 1.10 bits per heavy atom. The second-order valence-corrected chi connectivity index (χ2v) is 6.16. The van der Waals surface area contributed by atoms with E-state index in [4.69, 9.17) is 0 Å². The van der Waals surface area contributed by atoms with Gasteiger partial charge in [0.25, 0.3) is 0 Å². The predicted octanol–water partition coefficient (Wildman–Crippen LogP) is 0.0896. The number of likely N-dealkylation sites (tertiary alicyclic amines) is 1. The van der Waals surface area contributed by atoms with Crippen molar-refractivity contribution >= 4 is 11.9 Å². The van der Waals surface area contributed by atoms with Crippen molar-refractivity contribution in [2.24, 2.45) is 0 Å². The van der Waals surface area contributed by atoms with Crippen molar-refractivity contribution in [1.82, 2.24) is 14.7 Å². The Hall–Kier alpha value is -1.14. The highest BCUT2D eigenvalue weighted by Gasteiger charge is 2.45. The number of rotatable bonds is 3. The van der Waals surface area contributed by atoms with Crippen molar-refractivity contribution in [2.45, 2.75) is 31.7 Å². The van der Waals surface area contributed by atoms with E-state index in [2.05, 4.69) is 16.8 Å². The predicted molar refractivity (Wildman–Crippen MR) is 75.5 cm³/mol. The van der Waals surface area contributed by atoms with Crippen molar-refractivity contribution in [2.75, 3.05) is 46.3 Å². The number of likely N-dealkylation sites (N-methyl/N-ethyl adjacent to an activating group) is 1. The summed E-state index contributed by atoms with van der Waals surface area (Å²) in [7, 11) is 2.09. The molecule has 0 spiro atoms. The molecule has 1 N–H and O–H groups in total. The molecule has 2 saturated heterocycles. The Morgan fingerprint density at radius 3 is 2.55 bits per heavy atom. The molecule has 2 aliphatic heterocycles. The highest BCUT2D eigenvalue weighted by molar-refractivity contribution is 5.88. The molecule has 0 aromatic rings. The molecular weight excluding hydrogens is 258 g/mol. The van der Waals surface area contributed by atoms with Gasteiger partial charge in [0, 0.05) is 19.6 Å². The molecule has 20 heavy (non-hydrogen) atoms. The molecule has 0 aromatic heterocycles. The van der Waals surface area contributed by atoms with Gasteiger partial charge in [0.05, 0.1) is 6.54 Å². The van der Waals surface area contributed by atoms with Crippen LogP contribution in [0.2, 0.25) is 0 Å². The van der Waals surface area contributed by atoms with Gasteiger partial charge in [-0.1, -0.05) is 0 Å². The molecule has 0 saturated carbocycles. The molecule has 2 aliphatic rings. The highest BCUT2D eigenvalue weighted by Crippen LogP contribution is 2.29. The Balaban J connectivity index is 1.96. The molecule has 6 nitrogen and oxygen atoms in total. The molecule has 0 unspecified atom stereocenters. The topological polar surface area (TPSA) is 64.1 Å². The van der Waals surface area contributed by atoms with Crippen molar-refractivity contribution < 1.29 is 14.7 Å². The number of aliphatic carboxylic acids is 1. The molecule has 6 heteroatoms. The lowest BCUT2D eigenvalue weighted by Gasteiger charge is -2.33. The molecule has 0 aromatic carbocycles. The number of hydrogen-bond acceptors (Lipinski definition) is 4. The van der Waals surface area contributed by atoms with E-state index >= 15 is 0 Å². The Morgan fingerprint density at radius 2 is 1.85 bits per heavy atom. The van der Waals surface area contributed by atoms with Crippen molar-refractivity contribution in [3.8, 4) is 0 Å². The van der Waals surface area contributed by atoms with Gasteiger partial charge >= 0.3 is 5.97 Å². The summed E-state index contributed by atoms with van der Waals surface area (Å²) in [4.78, 5) is 29.8. The van der Waals surface area contributed by atoms with Crippen molar-refractivity contribution in [1.29, 1.82) is 0 Å². The van der Waals surface area contributed by atoms with Crippen LogP contribution >= 0.6 is 0 Å². The van der Waals surface area contributed by atoms with Crippen LogP contribution in [0.25, 0.3) is 0 Å². The van der Waals surface area contributed by atoms with Crippen LogP contribution in [0, 0.1) is 0 Å². The maximum atomic E-state index is 12.4. The van der Waals surface area contributed by atoms with E-state index in [0.717, 1.165) is 39.0 Å². The van der Waals surface area contributed by atoms with Gasteiger partial charge in [-0.15, -0.1) is 0 Å². The van der Waals surface area contributed by atoms with E-state index in [1.807, 2.05) is 0 Å². The summed E-state index contributed by atoms with van der Waals surface area (Å²) in [6, 6.07) is 0. The van der Waals surface area contributed by atoms with Gasteiger partial charge in [0.1, 0.15) is 5.54 Å². The normalized spacial score (nSPS) is 29.4. The summed E-state index contributed by atoms with van der Waals surface area (Å²) in [6.45, 7) is 6.38. The third-order valence-electron chi connectivity index (χ3n) is 4.57. The van der Waals surface area contributed by atoms with Gasteiger partial charge in [-0.3, -0.25) is 9.69 Å². The number of carbonyl (C=O) groups excluding carboxylic acids is 1. The fraction of sp³-hybridized carbons (Fsp3) is 0.857. The number of hydrogen-bond donors (Lipinski definition) is 1. The smallest absolute Gasteiger partial charge is 0.329 e. The lowest BCUT2D eigenvalue weighted by Crippen LogP contribution is -2.53. The molecule has 0 bridgehead atoms. The van der Waals surface area contributed by atoms with E-state index in [0.29, 0.717) is 19.5 Å². The SMILES string of the molecule is CN1CCCN(CC(=O)N2CCC[C@@]2(C)C(=O)O)CC1. The Labute approximate surface area is 120 Å². The van der Waals surface area contributed by atoms with Crippen LogP contribution in [0.3, 0.4) is 0 Å². The van der Waals surface area contributed by atoms with Crippen LogP contribution in [0.5, 0.6) is 0 Å². The first-order valence-electron chi connectivity index (χ1n) is 7.38. The lowest BCUT2D eigenvalue weighted by atomic mass is 9.99. The molecule has 114 valence electrons. The maximum absolute atomic E-state index is 12.4. The zero-order valence-electron chi connectivity index (χ0n) is 12.5. The van der Waals surface area contributed by atoms with Gasteiger partial charge < -0.3 is 14.9 Å². The van der Waals surface area contributed by atoms with E-state index in [9.17, 15) is 14.7 Å². The monoisotopic (exact) mass is 283 g/mol. The number of nitrogens with zero attached hydrogens (tertiary/aromatic N) is 3. The second kappa shape index (κ2) is 6.10. The first kappa shape index (κ1) is 15.3. The molecular formula is C14H25N3O3. The molecule has 2 fully saturated rings. The van der Waals surface area contributed by atoms with Gasteiger partial charge in [-0.05, 0) is 46.3 Å². The molecule has 1 atom stereocenters. The molecule has 2 rings (SSSR count). The third kappa shape index (κ3) is 3.12. The van der Waals surface area contributed by atoms with Crippen LogP contribution in [0.15, 0.2) is 0 Å². The Bertz CT molecular complexity index is 388. The van der Waals surface area contributed by atoms with E-state index in [1.165, 1.54) is 0 Å². The molecule has 2 heterocycles. The summed E-state index contributed by atoms with van der Waals surface area (Å²) in [5, 5.41) is 9.36. The minimum atomic E-state index is -1.01. The number of carboxylic acids is 1. The summed E-state index contributed by atoms with van der Waals surface area (Å²) in [6.07, 6.45) is 2.38. The summed E-state index contributed by atoms with van der Waals surface area (Å²) < 4.78 is 0. The largest absolute Gasteiger partial charge is 0.480 e. The lowest BCUT2D eigenvalue weighted by molar-refractivity contribution is -0.155. The first-order valence-corrected chi connectivity index (χ1v) is 7.38. The quantitative estimate of drug-likeness (QED) is 0.795. The third-order valence-corrected chi connectivity index (χ3v) is 4.57. The van der Waals surface area contributed by atoms with Gasteiger partial charge in [-0.25, -0.2) is 4.79 Å². The molecule has 0 radical (unpaired) electrons. The summed E-state index contributed by atoms with van der Waals surface area (Å²) in [5.74, 6) is -0.934. The highest BCUT2D eigenvalue weighted by atomic mass is 16.4. The minimum absolute atomic E-state index is 0.0445. The summed E-state index contributed by atoms with van der Waals surface area (Å²) in [5.41, 5.74) is -1.01. The molecule has 1 amide bonds. The zero-order valence-corrected chi connectivity index (χ0v) is 12.5. The maximum Gasteiger partial charge on any atom is 0.329 e. The van der Waals surface area contributed by atoms with Crippen molar-refractivity contribution in [3.63, 3.8) is 0 Å². The average Bonchev–Trinajstić information content (AvgIpc) is 2.68. The van der Waals surface area contributed by atoms with Crippen LogP contribution in [0.1, 0.15) is 26.2 Å². The molecule has 0 aliphatic carbocycles. The zero-order chi connectivity index (χ0) is 14.8. The van der Waals surface area contributed by atoms with Crippen LogP contribution in [-0.2, 0) is 9.59 Å². The first-order chi connectivity index (χ1) is 9.43. The van der Waals surface area contributed by atoms with Gasteiger partial charge in [-0.2, -0.15) is 0 Å². The van der Waals surface area contributed by atoms with Gasteiger partial charge in [0.15, 0.2) is 0 Å². The van der Waals surface area contributed by atoms with Gasteiger partial charge in [0.2, 0.25) is 5.91 Å². The van der Waals surface area contributed by atoms with E-state index in [1.54, 1.807) is 11.8 Å². The van der Waals surface area contributed by atoms with Crippen LogP contribution in [0.4, 0.5) is 0 Å². The fourth-order valence-electron chi connectivity index (χ4n) is 3.12. The Kier molecular flexibility index (Phi) is 4.65. The summed E-state index contributed by atoms with van der Waals surface area (Å²) >= 11 is 0. The van der Waals surface area contributed by atoms with E-state index < -0.39 is 11.5 Å². The number of carboxylic acid groups (broad SMARTS) is 1. The number of carbonyl (C=O) groups is 2. The van der Waals surface area contributed by atoms with Crippen LogP contribution < -0.4 is 0 Å². The standard InChI is InChI=1S/C14H25N3O3/c1-14(13(19)20)5-3-8-17(14)12(18)11-16-7-4-6-15(2)9-10-16/h3-11H2,1-2H3,(H,19,20)/t14-/m0/s1. The van der Waals surface area contributed by atoms with Crippen LogP contribution in [-0.4, -0.2) is 83.5 Å². The van der Waals surface area contributed by atoms with Crippen molar-refractivity contribution in [3.05, 3.63) is 0 Å².